The van der Waals surface area contributed by atoms with E-state index in [1.54, 1.807) is 13.8 Å². The van der Waals surface area contributed by atoms with Crippen molar-refractivity contribution in [3.63, 3.8) is 0 Å². The molecule has 0 saturated carbocycles. The van der Waals surface area contributed by atoms with Gasteiger partial charge in [0.05, 0.1) is 5.56 Å². The number of nitrogens with one attached hydrogen (secondary N) is 1. The molecule has 2 rings (SSSR count). The molecule has 0 bridgehead atoms. The third kappa shape index (κ3) is 5.21. The third-order valence-electron chi connectivity index (χ3n) is 2.80. The molecule has 1 heterocycles. The first-order valence-electron chi connectivity index (χ1n) is 6.69. The quantitative estimate of drug-likeness (QED) is 0.632. The first kappa shape index (κ1) is 17.7. The van der Waals surface area contributed by atoms with Gasteiger partial charge in [-0.25, -0.2) is 0 Å². The first-order chi connectivity index (χ1) is 10.8. The largest absolute Gasteiger partial charge is 0.416 e. The fourth-order valence-electron chi connectivity index (χ4n) is 1.50. The summed E-state index contributed by atoms with van der Waals surface area (Å²) in [6, 6.07) is 5.01. The number of benzene rings is 1. The van der Waals surface area contributed by atoms with Crippen LogP contribution >= 0.6 is 23.1 Å². The Kier molecular flexibility index (Phi) is 5.64. The molecule has 0 aliphatic carbocycles. The maximum atomic E-state index is 12.5. The summed E-state index contributed by atoms with van der Waals surface area (Å²) in [6.45, 7) is 3.55. The number of anilines is 1. The second kappa shape index (κ2) is 7.31. The Morgan fingerprint density at radius 1 is 1.26 bits per heavy atom. The number of hydrogen-bond donors (Lipinski definition) is 1. The monoisotopic (exact) mass is 361 g/mol. The van der Waals surface area contributed by atoms with E-state index in [9.17, 15) is 18.0 Å². The lowest BCUT2D eigenvalue weighted by molar-refractivity contribution is -0.137. The van der Waals surface area contributed by atoms with Gasteiger partial charge in [0, 0.05) is 11.7 Å². The van der Waals surface area contributed by atoms with Gasteiger partial charge in [0.1, 0.15) is 0 Å². The van der Waals surface area contributed by atoms with Crippen LogP contribution in [-0.4, -0.2) is 16.1 Å². The molecular formula is C14H14F3N3OS2. The summed E-state index contributed by atoms with van der Waals surface area (Å²) in [5, 5.41) is 10.9. The molecule has 0 aliphatic rings. The van der Waals surface area contributed by atoms with Gasteiger partial charge in [0.2, 0.25) is 11.0 Å². The fourth-order valence-corrected chi connectivity index (χ4v) is 3.21. The SMILES string of the molecule is CC(C)C(=O)Nc1nnc(SCc2ccc(C(F)(F)F)cc2)s1. The Labute approximate surface area is 139 Å². The summed E-state index contributed by atoms with van der Waals surface area (Å²) in [5.74, 6) is 0.188. The van der Waals surface area contributed by atoms with Gasteiger partial charge in [-0.3, -0.25) is 4.79 Å². The molecule has 1 N–H and O–H groups in total. The number of thioether (sulfide) groups is 1. The molecule has 23 heavy (non-hydrogen) atoms. The minimum atomic E-state index is -4.32. The number of amides is 1. The summed E-state index contributed by atoms with van der Waals surface area (Å²) < 4.78 is 38.1. The second-order valence-electron chi connectivity index (χ2n) is 5.00. The van der Waals surface area contributed by atoms with E-state index >= 15 is 0 Å². The standard InChI is InChI=1S/C14H14F3N3OS2/c1-8(2)11(21)18-12-19-20-13(23-12)22-7-9-3-5-10(6-4-9)14(15,16)17/h3-6,8H,7H2,1-2H3,(H,18,19,21). The zero-order valence-corrected chi connectivity index (χ0v) is 14.0. The summed E-state index contributed by atoms with van der Waals surface area (Å²) in [4.78, 5) is 11.5. The lowest BCUT2D eigenvalue weighted by Crippen LogP contribution is -2.17. The highest BCUT2D eigenvalue weighted by Crippen LogP contribution is 2.31. The summed E-state index contributed by atoms with van der Waals surface area (Å²) in [6.07, 6.45) is -4.32. The predicted octanol–water partition coefficient (Wildman–Crippen LogP) is 4.44. The van der Waals surface area contributed by atoms with Crippen LogP contribution in [0.4, 0.5) is 18.3 Å². The van der Waals surface area contributed by atoms with E-state index < -0.39 is 11.7 Å². The molecular weight excluding hydrogens is 347 g/mol. The average Bonchev–Trinajstić information content (AvgIpc) is 2.92. The minimum Gasteiger partial charge on any atom is -0.300 e. The molecule has 1 aromatic carbocycles. The molecule has 0 aliphatic heterocycles. The normalized spacial score (nSPS) is 11.7. The number of rotatable bonds is 5. The van der Waals surface area contributed by atoms with Crippen LogP contribution in [0.1, 0.15) is 25.0 Å². The number of carbonyl (C=O) groups excluding carboxylic acids is 1. The van der Waals surface area contributed by atoms with Crippen molar-refractivity contribution in [1.29, 1.82) is 0 Å². The van der Waals surface area contributed by atoms with Gasteiger partial charge in [-0.05, 0) is 17.7 Å². The van der Waals surface area contributed by atoms with Crippen molar-refractivity contribution in [2.75, 3.05) is 5.32 Å². The van der Waals surface area contributed by atoms with E-state index in [1.165, 1.54) is 35.2 Å². The summed E-state index contributed by atoms with van der Waals surface area (Å²) >= 11 is 2.59. The molecule has 0 unspecified atom stereocenters. The number of hydrogen-bond acceptors (Lipinski definition) is 5. The maximum absolute atomic E-state index is 12.5. The molecule has 124 valence electrons. The van der Waals surface area contributed by atoms with Crippen LogP contribution in [0.5, 0.6) is 0 Å². The highest BCUT2D eigenvalue weighted by molar-refractivity contribution is 8.00. The van der Waals surface area contributed by atoms with E-state index in [-0.39, 0.29) is 11.8 Å². The fraction of sp³-hybridized carbons (Fsp3) is 0.357. The van der Waals surface area contributed by atoms with Crippen molar-refractivity contribution in [2.45, 2.75) is 30.1 Å². The molecule has 0 fully saturated rings. The topological polar surface area (TPSA) is 54.9 Å². The van der Waals surface area contributed by atoms with Crippen molar-refractivity contribution in [3.05, 3.63) is 35.4 Å². The van der Waals surface area contributed by atoms with E-state index in [0.29, 0.717) is 15.2 Å². The number of aromatic nitrogens is 2. The highest BCUT2D eigenvalue weighted by atomic mass is 32.2. The predicted molar refractivity (Wildman–Crippen MR) is 84.4 cm³/mol. The van der Waals surface area contributed by atoms with Crippen LogP contribution in [0.2, 0.25) is 0 Å². The van der Waals surface area contributed by atoms with Crippen LogP contribution in [0.25, 0.3) is 0 Å². The van der Waals surface area contributed by atoms with Crippen LogP contribution in [0, 0.1) is 5.92 Å². The smallest absolute Gasteiger partial charge is 0.300 e. The van der Waals surface area contributed by atoms with Crippen LogP contribution in [-0.2, 0) is 16.7 Å². The Hall–Kier alpha value is -1.61. The second-order valence-corrected chi connectivity index (χ2v) is 7.20. The van der Waals surface area contributed by atoms with E-state index in [2.05, 4.69) is 15.5 Å². The molecule has 9 heteroatoms. The Morgan fingerprint density at radius 3 is 2.48 bits per heavy atom. The number of carbonyl (C=O) groups is 1. The van der Waals surface area contributed by atoms with Gasteiger partial charge in [-0.2, -0.15) is 13.2 Å². The van der Waals surface area contributed by atoms with Gasteiger partial charge < -0.3 is 5.32 Å². The molecule has 0 spiro atoms. The van der Waals surface area contributed by atoms with Crippen molar-refractivity contribution in [3.8, 4) is 0 Å². The van der Waals surface area contributed by atoms with Crippen molar-refractivity contribution < 1.29 is 18.0 Å². The number of nitrogens with zero attached hydrogens (tertiary/aromatic N) is 2. The van der Waals surface area contributed by atoms with Crippen molar-refractivity contribution in [1.82, 2.24) is 10.2 Å². The molecule has 0 atom stereocenters. The Balaban J connectivity index is 1.91. The first-order valence-corrected chi connectivity index (χ1v) is 8.49. The molecule has 0 radical (unpaired) electrons. The van der Waals surface area contributed by atoms with Gasteiger partial charge in [0.25, 0.3) is 0 Å². The minimum absolute atomic E-state index is 0.138. The maximum Gasteiger partial charge on any atom is 0.416 e. The van der Waals surface area contributed by atoms with E-state index in [4.69, 9.17) is 0 Å². The number of halogens is 3. The van der Waals surface area contributed by atoms with Gasteiger partial charge in [-0.1, -0.05) is 49.1 Å². The lowest BCUT2D eigenvalue weighted by Gasteiger charge is -2.06. The summed E-state index contributed by atoms with van der Waals surface area (Å²) in [5.41, 5.74) is 0.0896. The van der Waals surface area contributed by atoms with E-state index in [1.807, 2.05) is 0 Å². The van der Waals surface area contributed by atoms with Crippen LogP contribution in [0.15, 0.2) is 28.6 Å². The molecule has 0 saturated heterocycles. The average molecular weight is 361 g/mol. The Bertz CT molecular complexity index is 669. The van der Waals surface area contributed by atoms with Crippen LogP contribution < -0.4 is 5.32 Å². The van der Waals surface area contributed by atoms with Crippen LogP contribution in [0.3, 0.4) is 0 Å². The zero-order chi connectivity index (χ0) is 17.0. The summed E-state index contributed by atoms with van der Waals surface area (Å²) in [7, 11) is 0. The van der Waals surface area contributed by atoms with Crippen molar-refractivity contribution in [2.24, 2.45) is 5.92 Å². The Morgan fingerprint density at radius 2 is 1.91 bits per heavy atom. The van der Waals surface area contributed by atoms with Crippen molar-refractivity contribution >= 4 is 34.1 Å². The third-order valence-corrected chi connectivity index (χ3v) is 4.85. The molecule has 1 amide bonds. The lowest BCUT2D eigenvalue weighted by atomic mass is 10.1. The van der Waals surface area contributed by atoms with Gasteiger partial charge >= 0.3 is 6.18 Å². The molecule has 1 aromatic heterocycles. The zero-order valence-electron chi connectivity index (χ0n) is 12.3. The molecule has 2 aromatic rings. The van der Waals surface area contributed by atoms with Gasteiger partial charge in [0.15, 0.2) is 4.34 Å². The van der Waals surface area contributed by atoms with Gasteiger partial charge in [-0.15, -0.1) is 10.2 Å². The number of alkyl halides is 3. The molecule has 4 nitrogen and oxygen atoms in total. The van der Waals surface area contributed by atoms with E-state index in [0.717, 1.165) is 17.7 Å². The highest BCUT2D eigenvalue weighted by Gasteiger charge is 2.29.